The number of sulfone groups is 1. The maximum atomic E-state index is 12.5. The molecule has 0 aliphatic heterocycles. The molecule has 1 aromatic heterocycles. The average molecular weight is 725 g/mol. The lowest BCUT2D eigenvalue weighted by atomic mass is 10.3. The molecule has 0 aromatic carbocycles. The lowest BCUT2D eigenvalue weighted by molar-refractivity contribution is -0.890. The number of aromatic nitrogens is 1. The van der Waals surface area contributed by atoms with Crippen molar-refractivity contribution in [2.24, 2.45) is 9.98 Å². The van der Waals surface area contributed by atoms with Crippen LogP contribution >= 0.6 is 11.3 Å². The van der Waals surface area contributed by atoms with Gasteiger partial charge in [-0.05, 0) is 20.3 Å². The highest BCUT2D eigenvalue weighted by Gasteiger charge is 2.22. The summed E-state index contributed by atoms with van der Waals surface area (Å²) in [6, 6.07) is 2.70. The van der Waals surface area contributed by atoms with E-state index in [1.165, 1.54) is 6.92 Å². The fourth-order valence-electron chi connectivity index (χ4n) is 3.92. The van der Waals surface area contributed by atoms with E-state index in [1.807, 2.05) is 6.92 Å². The molecule has 0 aliphatic carbocycles. The minimum absolute atomic E-state index is 0.00935. The third-order valence-corrected chi connectivity index (χ3v) is 9.27. The summed E-state index contributed by atoms with van der Waals surface area (Å²) in [6.45, 7) is 15.0. The number of aliphatic imine (C=N–C) groups is 2. The number of ether oxygens (including phenoxy) is 7. The minimum atomic E-state index is -3.55. The minimum Gasteiger partial charge on any atom is -0.379 e. The molecule has 0 bridgehead atoms. The zero-order valence-corrected chi connectivity index (χ0v) is 31.2. The second-order valence-electron chi connectivity index (χ2n) is 11.2. The monoisotopic (exact) mass is 724 g/mol. The number of thiazole rings is 1. The summed E-state index contributed by atoms with van der Waals surface area (Å²) in [6.07, 6.45) is 1.33. The van der Waals surface area contributed by atoms with Crippen molar-refractivity contribution in [1.29, 1.82) is 0 Å². The van der Waals surface area contributed by atoms with E-state index in [-0.39, 0.29) is 28.4 Å². The van der Waals surface area contributed by atoms with Crippen LogP contribution in [0.4, 0.5) is 5.13 Å². The van der Waals surface area contributed by atoms with Gasteiger partial charge in [-0.25, -0.2) is 23.4 Å². The molecule has 0 saturated carbocycles. The van der Waals surface area contributed by atoms with E-state index in [1.54, 1.807) is 6.92 Å². The van der Waals surface area contributed by atoms with Crippen molar-refractivity contribution in [1.82, 2.24) is 4.98 Å². The summed E-state index contributed by atoms with van der Waals surface area (Å²) in [7, 11) is 0.837. The van der Waals surface area contributed by atoms with Gasteiger partial charge in [0.05, 0.1) is 125 Å². The van der Waals surface area contributed by atoms with Crippen LogP contribution < -0.4 is 5.32 Å². The van der Waals surface area contributed by atoms with Crippen molar-refractivity contribution < 1.29 is 50.9 Å². The second kappa shape index (κ2) is 27.9. The Morgan fingerprint density at radius 2 is 1.25 bits per heavy atom. The Bertz CT molecular complexity index is 1140. The molecule has 15 nitrogen and oxygen atoms in total. The molecule has 1 amide bonds. The molecular weight excluding hydrogens is 667 g/mol. The largest absolute Gasteiger partial charge is 0.379 e. The normalized spacial score (nSPS) is 11.9. The number of carbonyl (C=O) groups is 1. The molecule has 1 rings (SSSR count). The Balaban J connectivity index is 1.82. The number of aryl methyl sites for hydroxylation is 1. The van der Waals surface area contributed by atoms with E-state index in [9.17, 15) is 13.2 Å². The number of hydrogen-bond donors (Lipinski definition) is 1. The van der Waals surface area contributed by atoms with Gasteiger partial charge >= 0.3 is 0 Å². The molecule has 1 N–H and O–H groups in total. The Morgan fingerprint density at radius 3 is 1.73 bits per heavy atom. The van der Waals surface area contributed by atoms with Gasteiger partial charge in [0.25, 0.3) is 0 Å². The third-order valence-electron chi connectivity index (χ3n) is 6.44. The van der Waals surface area contributed by atoms with Gasteiger partial charge in [-0.15, -0.1) is 11.3 Å². The van der Waals surface area contributed by atoms with Gasteiger partial charge in [0, 0.05) is 31.4 Å². The van der Waals surface area contributed by atoms with Crippen LogP contribution in [0.1, 0.15) is 31.6 Å². The summed E-state index contributed by atoms with van der Waals surface area (Å²) in [5, 5.41) is 2.81. The SMILES string of the molecule is CCN=C=NCCC[N+](C)(C)CCOCCOCCOCCOCCOCCOCCOCCCS(=O)(=O)c1nc(NC(C)=O)sc1C. The molecule has 0 radical (unpaired) electrons. The maximum Gasteiger partial charge on any atom is 0.223 e. The van der Waals surface area contributed by atoms with Crippen molar-refractivity contribution >= 4 is 38.2 Å². The number of amides is 1. The fraction of sp³-hybridized carbons (Fsp3) is 0.839. The van der Waals surface area contributed by atoms with Gasteiger partial charge in [0.1, 0.15) is 6.54 Å². The summed E-state index contributed by atoms with van der Waals surface area (Å²) < 4.78 is 64.6. The highest BCUT2D eigenvalue weighted by molar-refractivity contribution is 7.91. The van der Waals surface area contributed by atoms with Gasteiger partial charge in [-0.2, -0.15) is 0 Å². The number of anilines is 1. The van der Waals surface area contributed by atoms with Crippen LogP contribution in [0.5, 0.6) is 0 Å². The summed E-state index contributed by atoms with van der Waals surface area (Å²) in [4.78, 5) is 23.9. The molecule has 0 spiro atoms. The van der Waals surface area contributed by atoms with Crippen molar-refractivity contribution in [2.45, 2.75) is 38.6 Å². The molecule has 1 heterocycles. The van der Waals surface area contributed by atoms with Crippen LogP contribution in [0, 0.1) is 6.92 Å². The molecule has 278 valence electrons. The first-order valence-electron chi connectivity index (χ1n) is 16.5. The smallest absolute Gasteiger partial charge is 0.223 e. The summed E-state index contributed by atoms with van der Waals surface area (Å²) in [5.74, 6) is -0.381. The number of nitrogens with zero attached hydrogens (tertiary/aromatic N) is 4. The number of likely N-dealkylation sites (N-methyl/N-ethyl adjacent to an activating group) is 1. The molecule has 0 saturated heterocycles. The van der Waals surface area contributed by atoms with E-state index in [2.05, 4.69) is 40.4 Å². The number of hydrogen-bond acceptors (Lipinski definition) is 14. The first-order valence-corrected chi connectivity index (χ1v) is 19.0. The maximum absolute atomic E-state index is 12.5. The van der Waals surface area contributed by atoms with E-state index in [0.717, 1.165) is 48.4 Å². The zero-order chi connectivity index (χ0) is 35.4. The van der Waals surface area contributed by atoms with Crippen LogP contribution in [-0.4, -0.2) is 168 Å². The molecule has 48 heavy (non-hydrogen) atoms. The standard InChI is InChI=1S/C31H57N5O10S2/c1-6-32-27-33-9-7-10-36(4,5)11-13-41-15-17-43-19-21-45-23-25-46-24-22-44-20-18-42-16-14-40-12-8-26-48(38,39)30-28(2)47-31(35-30)34-29(3)37/h6-26H2,1-5H3/p+1. The number of rotatable bonds is 32. The molecule has 0 unspecified atom stereocenters. The molecule has 0 aliphatic rings. The van der Waals surface area contributed by atoms with Crippen LogP contribution in [-0.2, 0) is 47.8 Å². The highest BCUT2D eigenvalue weighted by Crippen LogP contribution is 2.26. The van der Waals surface area contributed by atoms with E-state index in [4.69, 9.17) is 33.2 Å². The van der Waals surface area contributed by atoms with Crippen molar-refractivity contribution in [2.75, 3.05) is 144 Å². The highest BCUT2D eigenvalue weighted by atomic mass is 32.2. The molecule has 17 heteroatoms. The first-order chi connectivity index (χ1) is 23.1. The van der Waals surface area contributed by atoms with Gasteiger partial charge < -0.3 is 43.0 Å². The van der Waals surface area contributed by atoms with Crippen LogP contribution in [0.25, 0.3) is 0 Å². The average Bonchev–Trinajstić information content (AvgIpc) is 3.40. The zero-order valence-electron chi connectivity index (χ0n) is 29.5. The summed E-state index contributed by atoms with van der Waals surface area (Å²) >= 11 is 1.14. The van der Waals surface area contributed by atoms with Gasteiger partial charge in [-0.1, -0.05) is 0 Å². The lowest BCUT2D eigenvalue weighted by Gasteiger charge is -2.29. The Kier molecular flexibility index (Phi) is 25.6. The fourth-order valence-corrected chi connectivity index (χ4v) is 6.59. The van der Waals surface area contributed by atoms with Gasteiger partial charge in [0.2, 0.25) is 5.91 Å². The van der Waals surface area contributed by atoms with E-state index < -0.39 is 9.84 Å². The third kappa shape index (κ3) is 24.3. The van der Waals surface area contributed by atoms with Crippen molar-refractivity contribution in [3.05, 3.63) is 4.88 Å². The topological polar surface area (TPSA) is 165 Å². The van der Waals surface area contributed by atoms with Gasteiger partial charge in [0.15, 0.2) is 20.0 Å². The first kappa shape index (κ1) is 44.1. The van der Waals surface area contributed by atoms with Crippen molar-refractivity contribution in [3.8, 4) is 0 Å². The van der Waals surface area contributed by atoms with Gasteiger partial charge in [-0.3, -0.25) is 4.79 Å². The molecule has 0 atom stereocenters. The Morgan fingerprint density at radius 1 is 0.771 bits per heavy atom. The predicted octanol–water partition coefficient (Wildman–Crippen LogP) is 2.35. The van der Waals surface area contributed by atoms with Crippen LogP contribution in [0.2, 0.25) is 0 Å². The summed E-state index contributed by atoms with van der Waals surface area (Å²) in [5.41, 5.74) is 0. The number of nitrogens with one attached hydrogen (secondary N) is 1. The number of quaternary nitrogens is 1. The number of carbonyl (C=O) groups excluding carboxylic acids is 1. The van der Waals surface area contributed by atoms with E-state index >= 15 is 0 Å². The van der Waals surface area contributed by atoms with Crippen molar-refractivity contribution in [3.63, 3.8) is 0 Å². The molecule has 0 fully saturated rings. The predicted molar refractivity (Wildman–Crippen MR) is 185 cm³/mol. The van der Waals surface area contributed by atoms with E-state index in [0.29, 0.717) is 97.2 Å². The van der Waals surface area contributed by atoms with Crippen LogP contribution in [0.3, 0.4) is 0 Å². The quantitative estimate of drug-likeness (QED) is 0.0659. The Hall–Kier alpha value is -1.89. The Labute approximate surface area is 290 Å². The second-order valence-corrected chi connectivity index (χ2v) is 14.4. The lowest BCUT2D eigenvalue weighted by Crippen LogP contribution is -2.43. The van der Waals surface area contributed by atoms with Crippen LogP contribution in [0.15, 0.2) is 15.0 Å². The molecular formula is C31H58N5O10S2+. The molecule has 1 aromatic rings.